The number of amides is 1. The number of rotatable bonds is 6. The van der Waals surface area contributed by atoms with Crippen molar-refractivity contribution in [1.29, 1.82) is 0 Å². The van der Waals surface area contributed by atoms with Crippen LogP contribution >= 0.6 is 11.6 Å². The van der Waals surface area contributed by atoms with Crippen LogP contribution in [0.2, 0.25) is 5.02 Å². The van der Waals surface area contributed by atoms with E-state index in [1.807, 2.05) is 19.1 Å². The van der Waals surface area contributed by atoms with Crippen molar-refractivity contribution in [1.82, 2.24) is 9.62 Å². The van der Waals surface area contributed by atoms with Gasteiger partial charge in [-0.1, -0.05) is 42.8 Å². The molecule has 2 atom stereocenters. The van der Waals surface area contributed by atoms with E-state index in [4.69, 9.17) is 11.6 Å². The van der Waals surface area contributed by atoms with E-state index in [2.05, 4.69) is 24.4 Å². The van der Waals surface area contributed by atoms with E-state index in [0.717, 1.165) is 12.0 Å². The van der Waals surface area contributed by atoms with Gasteiger partial charge >= 0.3 is 0 Å². The lowest BCUT2D eigenvalue weighted by Gasteiger charge is -2.32. The number of aryl methyl sites for hydroxylation is 1. The number of carbonyl (C=O) groups excluding carboxylic acids is 1. The Labute approximate surface area is 178 Å². The fraction of sp³-hybridized carbons (Fsp3) is 0.409. The molecule has 1 heterocycles. The van der Waals surface area contributed by atoms with Crippen LogP contribution in [0.5, 0.6) is 0 Å². The molecule has 2 unspecified atom stereocenters. The number of benzene rings is 2. The first-order valence-electron chi connectivity index (χ1n) is 9.96. The van der Waals surface area contributed by atoms with Gasteiger partial charge in [-0.15, -0.1) is 0 Å². The Morgan fingerprint density at radius 3 is 2.45 bits per heavy atom. The molecular weight excluding hydrogens is 408 g/mol. The summed E-state index contributed by atoms with van der Waals surface area (Å²) in [4.78, 5) is 13.0. The number of nitrogens with zero attached hydrogens (tertiary/aromatic N) is 1. The van der Waals surface area contributed by atoms with Crippen LogP contribution in [0.15, 0.2) is 53.4 Å². The molecule has 0 aromatic heterocycles. The summed E-state index contributed by atoms with van der Waals surface area (Å²) >= 11 is 5.87. The van der Waals surface area contributed by atoms with Crippen LogP contribution < -0.4 is 5.32 Å². The first-order valence-corrected chi connectivity index (χ1v) is 11.8. The molecule has 1 amide bonds. The predicted molar refractivity (Wildman–Crippen MR) is 115 cm³/mol. The molecular formula is C22H27ClN2O3S. The van der Waals surface area contributed by atoms with Crippen LogP contribution in [0.4, 0.5) is 0 Å². The minimum Gasteiger partial charge on any atom is -0.349 e. The topological polar surface area (TPSA) is 66.5 Å². The van der Waals surface area contributed by atoms with Crippen LogP contribution in [-0.2, 0) is 21.2 Å². The van der Waals surface area contributed by atoms with Gasteiger partial charge in [-0.25, -0.2) is 8.42 Å². The van der Waals surface area contributed by atoms with E-state index < -0.39 is 10.0 Å². The molecule has 1 N–H and O–H groups in total. The maximum Gasteiger partial charge on any atom is 0.243 e. The van der Waals surface area contributed by atoms with Crippen LogP contribution in [0.1, 0.15) is 43.9 Å². The SMILES string of the molecule is CCc1ccc(C(C)NC(=O)C2CCCN(S(=O)(=O)c3ccc(Cl)cc3)C2)cc1. The van der Waals surface area contributed by atoms with Gasteiger partial charge in [0.1, 0.15) is 0 Å². The number of piperidine rings is 1. The largest absolute Gasteiger partial charge is 0.349 e. The Kier molecular flexibility index (Phi) is 6.98. The molecule has 0 spiro atoms. The maximum absolute atomic E-state index is 12.9. The molecule has 3 rings (SSSR count). The van der Waals surface area contributed by atoms with Gasteiger partial charge in [0.2, 0.25) is 15.9 Å². The first kappa shape index (κ1) is 21.8. The third-order valence-corrected chi connectivity index (χ3v) is 7.58. The molecule has 5 nitrogen and oxygen atoms in total. The van der Waals surface area contributed by atoms with Crippen molar-refractivity contribution >= 4 is 27.5 Å². The zero-order valence-electron chi connectivity index (χ0n) is 16.8. The van der Waals surface area contributed by atoms with Gasteiger partial charge in [0.25, 0.3) is 0 Å². The summed E-state index contributed by atoms with van der Waals surface area (Å²) in [5.74, 6) is -0.462. The van der Waals surface area contributed by atoms with Gasteiger partial charge < -0.3 is 5.32 Å². The molecule has 2 aromatic carbocycles. The quantitative estimate of drug-likeness (QED) is 0.741. The fourth-order valence-corrected chi connectivity index (χ4v) is 5.24. The summed E-state index contributed by atoms with van der Waals surface area (Å²) in [6, 6.07) is 14.2. The fourth-order valence-electron chi connectivity index (χ4n) is 3.59. The molecule has 1 saturated heterocycles. The number of halogens is 1. The molecule has 0 aliphatic carbocycles. The summed E-state index contributed by atoms with van der Waals surface area (Å²) in [6.45, 7) is 4.66. The molecule has 0 saturated carbocycles. The van der Waals surface area contributed by atoms with Gasteiger partial charge in [-0.05, 0) is 61.6 Å². The van der Waals surface area contributed by atoms with Gasteiger partial charge in [0, 0.05) is 18.1 Å². The lowest BCUT2D eigenvalue weighted by molar-refractivity contribution is -0.126. The minimum atomic E-state index is -3.64. The van der Waals surface area contributed by atoms with Crippen molar-refractivity contribution < 1.29 is 13.2 Å². The van der Waals surface area contributed by atoms with E-state index in [-0.39, 0.29) is 29.3 Å². The molecule has 0 radical (unpaired) electrons. The Hall–Kier alpha value is -1.89. The van der Waals surface area contributed by atoms with E-state index in [9.17, 15) is 13.2 Å². The molecule has 0 bridgehead atoms. The molecule has 1 fully saturated rings. The van der Waals surface area contributed by atoms with E-state index in [1.54, 1.807) is 12.1 Å². The van der Waals surface area contributed by atoms with Gasteiger partial charge in [0.05, 0.1) is 16.9 Å². The van der Waals surface area contributed by atoms with Crippen molar-refractivity contribution in [3.05, 3.63) is 64.7 Å². The highest BCUT2D eigenvalue weighted by Gasteiger charge is 2.33. The van der Waals surface area contributed by atoms with Gasteiger partial charge in [-0.2, -0.15) is 4.31 Å². The zero-order chi connectivity index (χ0) is 21.0. The Morgan fingerprint density at radius 1 is 1.17 bits per heavy atom. The molecule has 1 aliphatic heterocycles. The second kappa shape index (κ2) is 9.28. The Bertz CT molecular complexity index is 943. The summed E-state index contributed by atoms with van der Waals surface area (Å²) in [5.41, 5.74) is 2.29. The average molecular weight is 435 g/mol. The summed E-state index contributed by atoms with van der Waals surface area (Å²) in [6.07, 6.45) is 2.31. The highest BCUT2D eigenvalue weighted by atomic mass is 35.5. The Balaban J connectivity index is 1.66. The standard InChI is InChI=1S/C22H27ClN2O3S/c1-3-17-6-8-18(9-7-17)16(2)24-22(26)19-5-4-14-25(15-19)29(27,28)21-12-10-20(23)11-13-21/h6-13,16,19H,3-5,14-15H2,1-2H3,(H,24,26). The van der Waals surface area contributed by atoms with Gasteiger partial charge in [-0.3, -0.25) is 4.79 Å². The summed E-state index contributed by atoms with van der Waals surface area (Å²) in [5, 5.41) is 3.53. The second-order valence-electron chi connectivity index (χ2n) is 7.48. The first-order chi connectivity index (χ1) is 13.8. The highest BCUT2D eigenvalue weighted by molar-refractivity contribution is 7.89. The van der Waals surface area contributed by atoms with Crippen molar-refractivity contribution in [2.24, 2.45) is 5.92 Å². The lowest BCUT2D eigenvalue weighted by Crippen LogP contribution is -2.45. The second-order valence-corrected chi connectivity index (χ2v) is 9.86. The molecule has 7 heteroatoms. The third-order valence-electron chi connectivity index (χ3n) is 5.45. The van der Waals surface area contributed by atoms with E-state index in [1.165, 1.54) is 22.0 Å². The summed E-state index contributed by atoms with van der Waals surface area (Å²) in [7, 11) is -3.64. The molecule has 1 aliphatic rings. The van der Waals surface area contributed by atoms with Crippen molar-refractivity contribution in [3.63, 3.8) is 0 Å². The van der Waals surface area contributed by atoms with Crippen LogP contribution in [0, 0.1) is 5.92 Å². The Morgan fingerprint density at radius 2 is 1.83 bits per heavy atom. The van der Waals surface area contributed by atoms with Crippen LogP contribution in [-0.4, -0.2) is 31.7 Å². The highest BCUT2D eigenvalue weighted by Crippen LogP contribution is 2.25. The normalized spacial score (nSPS) is 18.9. The van der Waals surface area contributed by atoms with Crippen LogP contribution in [0.3, 0.4) is 0 Å². The van der Waals surface area contributed by atoms with Gasteiger partial charge in [0.15, 0.2) is 0 Å². The van der Waals surface area contributed by atoms with Crippen molar-refractivity contribution in [2.45, 2.75) is 44.0 Å². The molecule has 156 valence electrons. The minimum absolute atomic E-state index is 0.104. The predicted octanol–water partition coefficient (Wildman–Crippen LogP) is 4.18. The molecule has 29 heavy (non-hydrogen) atoms. The average Bonchev–Trinajstić information content (AvgIpc) is 2.74. The number of hydrogen-bond donors (Lipinski definition) is 1. The molecule has 2 aromatic rings. The van der Waals surface area contributed by atoms with E-state index in [0.29, 0.717) is 24.4 Å². The monoisotopic (exact) mass is 434 g/mol. The van der Waals surface area contributed by atoms with Crippen molar-refractivity contribution in [3.8, 4) is 0 Å². The van der Waals surface area contributed by atoms with Crippen LogP contribution in [0.25, 0.3) is 0 Å². The van der Waals surface area contributed by atoms with Crippen molar-refractivity contribution in [2.75, 3.05) is 13.1 Å². The number of sulfonamides is 1. The third kappa shape index (κ3) is 5.18. The smallest absolute Gasteiger partial charge is 0.243 e. The van der Waals surface area contributed by atoms with E-state index >= 15 is 0 Å². The number of nitrogens with one attached hydrogen (secondary N) is 1. The lowest BCUT2D eigenvalue weighted by atomic mass is 9.97. The summed E-state index contributed by atoms with van der Waals surface area (Å²) < 4.78 is 27.3. The zero-order valence-corrected chi connectivity index (χ0v) is 18.3. The maximum atomic E-state index is 12.9. The number of hydrogen-bond acceptors (Lipinski definition) is 3. The number of carbonyl (C=O) groups is 1.